The highest BCUT2D eigenvalue weighted by molar-refractivity contribution is 7.13. The lowest BCUT2D eigenvalue weighted by Gasteiger charge is -2.04. The van der Waals surface area contributed by atoms with Crippen molar-refractivity contribution in [3.8, 4) is 0 Å². The van der Waals surface area contributed by atoms with Gasteiger partial charge in [0, 0.05) is 25.1 Å². The van der Waals surface area contributed by atoms with Crippen molar-refractivity contribution in [3.63, 3.8) is 0 Å². The third-order valence-electron chi connectivity index (χ3n) is 2.03. The Bertz CT molecular complexity index is 340. The fraction of sp³-hybridized carbons (Fsp3) is 0.545. The lowest BCUT2D eigenvalue weighted by atomic mass is 10.4. The van der Waals surface area contributed by atoms with Gasteiger partial charge in [0.25, 0.3) is 0 Å². The van der Waals surface area contributed by atoms with Crippen molar-refractivity contribution in [3.05, 3.63) is 21.9 Å². The van der Waals surface area contributed by atoms with Gasteiger partial charge in [0.1, 0.15) is 4.88 Å². The van der Waals surface area contributed by atoms with Crippen LogP contribution in [0.15, 0.2) is 12.1 Å². The summed E-state index contributed by atoms with van der Waals surface area (Å²) in [6.45, 7) is 3.24. The van der Waals surface area contributed by atoms with E-state index in [4.69, 9.17) is 14.6 Å². The van der Waals surface area contributed by atoms with E-state index in [0.29, 0.717) is 31.2 Å². The third-order valence-corrected chi connectivity index (χ3v) is 3.10. The van der Waals surface area contributed by atoms with Crippen LogP contribution in [0.3, 0.4) is 0 Å². The molecule has 0 spiro atoms. The van der Waals surface area contributed by atoms with E-state index in [2.05, 4.69) is 5.32 Å². The first kappa shape index (κ1) is 14.1. The van der Waals surface area contributed by atoms with Gasteiger partial charge in [0.2, 0.25) is 0 Å². The van der Waals surface area contributed by atoms with Crippen LogP contribution in [-0.2, 0) is 16.0 Å². The predicted octanol–water partition coefficient (Wildman–Crippen LogP) is 1.20. The molecule has 0 unspecified atom stereocenters. The number of carboxylic acid groups (broad SMARTS) is 1. The van der Waals surface area contributed by atoms with Gasteiger partial charge in [-0.25, -0.2) is 4.79 Å². The van der Waals surface area contributed by atoms with Crippen molar-refractivity contribution in [1.29, 1.82) is 0 Å². The standard InChI is InChI=1S/C11H17NO4S/c1-15-6-7-16-5-4-12-8-9-2-3-10(17-9)11(13)14/h2-3,12H,4-8H2,1H3,(H,13,14). The average Bonchev–Trinajstić information content (AvgIpc) is 2.77. The minimum Gasteiger partial charge on any atom is -0.477 e. The second kappa shape index (κ2) is 8.19. The maximum atomic E-state index is 10.6. The number of aromatic carboxylic acids is 1. The molecule has 0 radical (unpaired) electrons. The number of thiophene rings is 1. The maximum Gasteiger partial charge on any atom is 0.345 e. The van der Waals surface area contributed by atoms with Gasteiger partial charge in [0.15, 0.2) is 0 Å². The Labute approximate surface area is 104 Å². The van der Waals surface area contributed by atoms with Crippen LogP contribution >= 0.6 is 11.3 Å². The largest absolute Gasteiger partial charge is 0.477 e. The van der Waals surface area contributed by atoms with Crippen LogP contribution in [0.2, 0.25) is 0 Å². The molecule has 6 heteroatoms. The van der Waals surface area contributed by atoms with Crippen LogP contribution in [0.5, 0.6) is 0 Å². The zero-order valence-corrected chi connectivity index (χ0v) is 10.6. The van der Waals surface area contributed by atoms with E-state index in [1.54, 1.807) is 13.2 Å². The molecule has 2 N–H and O–H groups in total. The van der Waals surface area contributed by atoms with E-state index >= 15 is 0 Å². The van der Waals surface area contributed by atoms with Crippen molar-refractivity contribution in [1.82, 2.24) is 5.32 Å². The lowest BCUT2D eigenvalue weighted by Crippen LogP contribution is -2.19. The Morgan fingerprint density at radius 2 is 2.24 bits per heavy atom. The Balaban J connectivity index is 2.07. The van der Waals surface area contributed by atoms with Gasteiger partial charge in [0.05, 0.1) is 19.8 Å². The highest BCUT2D eigenvalue weighted by Crippen LogP contribution is 2.15. The second-order valence-electron chi connectivity index (χ2n) is 3.35. The molecule has 1 heterocycles. The van der Waals surface area contributed by atoms with Crippen molar-refractivity contribution in [2.75, 3.05) is 33.5 Å². The van der Waals surface area contributed by atoms with Crippen LogP contribution in [-0.4, -0.2) is 44.6 Å². The molecule has 0 fully saturated rings. The summed E-state index contributed by atoms with van der Waals surface area (Å²) < 4.78 is 10.1. The Kier molecular flexibility index (Phi) is 6.80. The van der Waals surface area contributed by atoms with Crippen LogP contribution in [0.4, 0.5) is 0 Å². The number of methoxy groups -OCH3 is 1. The molecule has 1 aromatic heterocycles. The molecule has 0 amide bonds. The normalized spacial score (nSPS) is 10.6. The minimum atomic E-state index is -0.871. The Hall–Kier alpha value is -0.950. The fourth-order valence-corrected chi connectivity index (χ4v) is 2.00. The predicted molar refractivity (Wildman–Crippen MR) is 65.7 cm³/mol. The molecule has 0 aromatic carbocycles. The molecule has 1 aromatic rings. The van der Waals surface area contributed by atoms with E-state index < -0.39 is 5.97 Å². The summed E-state index contributed by atoms with van der Waals surface area (Å²) in [6.07, 6.45) is 0. The fourth-order valence-electron chi connectivity index (χ4n) is 1.19. The minimum absolute atomic E-state index is 0.373. The van der Waals surface area contributed by atoms with Gasteiger partial charge >= 0.3 is 5.97 Å². The highest BCUT2D eigenvalue weighted by atomic mass is 32.1. The zero-order chi connectivity index (χ0) is 12.5. The van der Waals surface area contributed by atoms with Crippen LogP contribution in [0.25, 0.3) is 0 Å². The number of hydrogen-bond acceptors (Lipinski definition) is 5. The van der Waals surface area contributed by atoms with Gasteiger partial charge in [-0.15, -0.1) is 11.3 Å². The van der Waals surface area contributed by atoms with Gasteiger partial charge in [-0.3, -0.25) is 0 Å². The zero-order valence-electron chi connectivity index (χ0n) is 9.77. The van der Waals surface area contributed by atoms with E-state index in [0.717, 1.165) is 11.4 Å². The Morgan fingerprint density at radius 3 is 2.88 bits per heavy atom. The topological polar surface area (TPSA) is 67.8 Å². The lowest BCUT2D eigenvalue weighted by molar-refractivity contribution is 0.0702. The van der Waals surface area contributed by atoms with E-state index in [1.807, 2.05) is 6.07 Å². The summed E-state index contributed by atoms with van der Waals surface area (Å²) in [5.74, 6) is -0.871. The summed E-state index contributed by atoms with van der Waals surface area (Å²) >= 11 is 1.29. The molecule has 0 aliphatic heterocycles. The smallest absolute Gasteiger partial charge is 0.345 e. The number of hydrogen-bond donors (Lipinski definition) is 2. The second-order valence-corrected chi connectivity index (χ2v) is 4.52. The van der Waals surface area contributed by atoms with Gasteiger partial charge < -0.3 is 19.9 Å². The van der Waals surface area contributed by atoms with Gasteiger partial charge in [-0.05, 0) is 12.1 Å². The highest BCUT2D eigenvalue weighted by Gasteiger charge is 2.05. The molecule has 1 rings (SSSR count). The van der Waals surface area contributed by atoms with Crippen LogP contribution in [0.1, 0.15) is 14.5 Å². The number of carboxylic acids is 1. The maximum absolute atomic E-state index is 10.6. The quantitative estimate of drug-likeness (QED) is 0.652. The third kappa shape index (κ3) is 5.78. The first-order valence-corrected chi connectivity index (χ1v) is 6.15. The number of rotatable bonds is 9. The van der Waals surface area contributed by atoms with Crippen molar-refractivity contribution in [2.45, 2.75) is 6.54 Å². The number of nitrogens with one attached hydrogen (secondary N) is 1. The molecule has 0 saturated carbocycles. The average molecular weight is 259 g/mol. The molecular formula is C11H17NO4S. The first-order valence-electron chi connectivity index (χ1n) is 5.33. The molecule has 0 bridgehead atoms. The van der Waals surface area contributed by atoms with Crippen molar-refractivity contribution in [2.24, 2.45) is 0 Å². The molecule has 17 heavy (non-hydrogen) atoms. The molecule has 0 aliphatic carbocycles. The molecule has 5 nitrogen and oxygen atoms in total. The summed E-state index contributed by atoms with van der Waals surface area (Å²) in [5, 5.41) is 11.9. The summed E-state index contributed by atoms with van der Waals surface area (Å²) in [5.41, 5.74) is 0. The summed E-state index contributed by atoms with van der Waals surface area (Å²) in [7, 11) is 1.64. The SMILES string of the molecule is COCCOCCNCc1ccc(C(=O)O)s1. The van der Waals surface area contributed by atoms with E-state index in [1.165, 1.54) is 11.3 Å². The first-order chi connectivity index (χ1) is 8.24. The molecule has 0 saturated heterocycles. The van der Waals surface area contributed by atoms with E-state index in [-0.39, 0.29) is 0 Å². The monoisotopic (exact) mass is 259 g/mol. The summed E-state index contributed by atoms with van der Waals surface area (Å²) in [6, 6.07) is 3.45. The number of ether oxygens (including phenoxy) is 2. The molecule has 0 atom stereocenters. The van der Waals surface area contributed by atoms with E-state index in [9.17, 15) is 4.79 Å². The molecule has 0 aliphatic rings. The Morgan fingerprint density at radius 1 is 1.41 bits per heavy atom. The van der Waals surface area contributed by atoms with Crippen molar-refractivity contribution < 1.29 is 19.4 Å². The molecule has 96 valence electrons. The van der Waals surface area contributed by atoms with Crippen LogP contribution < -0.4 is 5.32 Å². The number of carbonyl (C=O) groups is 1. The van der Waals surface area contributed by atoms with Gasteiger partial charge in [-0.2, -0.15) is 0 Å². The summed E-state index contributed by atoms with van der Waals surface area (Å²) in [4.78, 5) is 12.0. The van der Waals surface area contributed by atoms with Crippen LogP contribution in [0, 0.1) is 0 Å². The molecular weight excluding hydrogens is 242 g/mol. The van der Waals surface area contributed by atoms with Gasteiger partial charge in [-0.1, -0.05) is 0 Å². The van der Waals surface area contributed by atoms with Crippen molar-refractivity contribution >= 4 is 17.3 Å².